The zero-order valence-corrected chi connectivity index (χ0v) is 10.5. The maximum atomic E-state index is 11.7. The summed E-state index contributed by atoms with van der Waals surface area (Å²) in [6.45, 7) is -0.0493. The van der Waals surface area contributed by atoms with E-state index < -0.39 is 21.7 Å². The lowest BCUT2D eigenvalue weighted by molar-refractivity contribution is -0.136. The molecule has 0 saturated heterocycles. The maximum absolute atomic E-state index is 11.7. The molecule has 1 aromatic carbocycles. The molecule has 1 rings (SSSR count). The second kappa shape index (κ2) is 5.63. The van der Waals surface area contributed by atoms with Gasteiger partial charge in [-0.05, 0) is 12.1 Å². The number of sulfone groups is 1. The van der Waals surface area contributed by atoms with Gasteiger partial charge in [0.1, 0.15) is 0 Å². The van der Waals surface area contributed by atoms with Crippen LogP contribution in [0.15, 0.2) is 29.2 Å². The van der Waals surface area contributed by atoms with Gasteiger partial charge < -0.3 is 10.4 Å². The fourth-order valence-corrected chi connectivity index (χ4v) is 2.24. The number of amides is 1. The number of aliphatic carboxylic acids is 1. The molecule has 0 spiro atoms. The van der Waals surface area contributed by atoms with Crippen molar-refractivity contribution in [2.24, 2.45) is 0 Å². The third kappa shape index (κ3) is 3.85. The van der Waals surface area contributed by atoms with Gasteiger partial charge in [-0.3, -0.25) is 9.59 Å². The Morgan fingerprint density at radius 3 is 2.44 bits per heavy atom. The predicted molar refractivity (Wildman–Crippen MR) is 64.1 cm³/mol. The van der Waals surface area contributed by atoms with Crippen molar-refractivity contribution in [2.75, 3.05) is 12.8 Å². The first-order valence-corrected chi connectivity index (χ1v) is 7.00. The lowest BCUT2D eigenvalue weighted by atomic mass is 10.2. The molecule has 7 heteroatoms. The highest BCUT2D eigenvalue weighted by Gasteiger charge is 2.17. The van der Waals surface area contributed by atoms with Crippen LogP contribution in [-0.4, -0.2) is 38.2 Å². The summed E-state index contributed by atoms with van der Waals surface area (Å²) in [4.78, 5) is 22.0. The van der Waals surface area contributed by atoms with Gasteiger partial charge >= 0.3 is 5.97 Å². The SMILES string of the molecule is CS(=O)(=O)c1ccccc1C(=O)NCCC(=O)O. The molecule has 0 heterocycles. The molecule has 1 amide bonds. The minimum absolute atomic E-state index is 0.0189. The highest BCUT2D eigenvalue weighted by atomic mass is 32.2. The van der Waals surface area contributed by atoms with E-state index in [0.717, 1.165) is 6.26 Å². The summed E-state index contributed by atoms with van der Waals surface area (Å²) >= 11 is 0. The topological polar surface area (TPSA) is 101 Å². The fourth-order valence-electron chi connectivity index (χ4n) is 1.36. The van der Waals surface area contributed by atoms with E-state index in [1.807, 2.05) is 0 Å². The lowest BCUT2D eigenvalue weighted by Crippen LogP contribution is -2.27. The molecule has 0 radical (unpaired) electrons. The van der Waals surface area contributed by atoms with Gasteiger partial charge in [0, 0.05) is 12.8 Å². The van der Waals surface area contributed by atoms with Crippen molar-refractivity contribution in [3.8, 4) is 0 Å². The van der Waals surface area contributed by atoms with E-state index in [1.54, 1.807) is 6.07 Å². The van der Waals surface area contributed by atoms with Crippen LogP contribution in [0.25, 0.3) is 0 Å². The number of rotatable bonds is 5. The Labute approximate surface area is 105 Å². The molecular formula is C11H13NO5S. The Bertz CT molecular complexity index is 565. The van der Waals surface area contributed by atoms with E-state index in [-0.39, 0.29) is 23.4 Å². The quantitative estimate of drug-likeness (QED) is 0.802. The number of benzene rings is 1. The molecule has 0 aliphatic heterocycles. The van der Waals surface area contributed by atoms with Crippen LogP contribution in [0.4, 0.5) is 0 Å². The van der Waals surface area contributed by atoms with Gasteiger partial charge in [0.05, 0.1) is 16.9 Å². The van der Waals surface area contributed by atoms with Crippen LogP contribution in [0.2, 0.25) is 0 Å². The normalized spacial score (nSPS) is 10.9. The predicted octanol–water partition coefficient (Wildman–Crippen LogP) is 0.295. The van der Waals surface area contributed by atoms with Crippen LogP contribution < -0.4 is 5.32 Å². The molecule has 0 fully saturated rings. The number of carbonyl (C=O) groups excluding carboxylic acids is 1. The lowest BCUT2D eigenvalue weighted by Gasteiger charge is -2.07. The molecule has 18 heavy (non-hydrogen) atoms. The summed E-state index contributed by atoms with van der Waals surface area (Å²) < 4.78 is 22.9. The molecule has 0 unspecified atom stereocenters. The zero-order valence-electron chi connectivity index (χ0n) is 9.71. The summed E-state index contributed by atoms with van der Waals surface area (Å²) in [6.07, 6.45) is 0.795. The van der Waals surface area contributed by atoms with Gasteiger partial charge in [0.25, 0.3) is 5.91 Å². The third-order valence-corrected chi connectivity index (χ3v) is 3.31. The van der Waals surface area contributed by atoms with E-state index in [0.29, 0.717) is 0 Å². The molecule has 98 valence electrons. The van der Waals surface area contributed by atoms with Crippen LogP contribution >= 0.6 is 0 Å². The van der Waals surface area contributed by atoms with Crippen LogP contribution in [-0.2, 0) is 14.6 Å². The molecule has 0 saturated carbocycles. The summed E-state index contributed by atoms with van der Waals surface area (Å²) in [5.74, 6) is -1.64. The van der Waals surface area contributed by atoms with Crippen molar-refractivity contribution in [3.05, 3.63) is 29.8 Å². The Morgan fingerprint density at radius 2 is 1.89 bits per heavy atom. The third-order valence-electron chi connectivity index (χ3n) is 2.16. The Balaban J connectivity index is 2.90. The monoisotopic (exact) mass is 271 g/mol. The Morgan fingerprint density at radius 1 is 1.28 bits per heavy atom. The van der Waals surface area contributed by atoms with Crippen molar-refractivity contribution in [1.29, 1.82) is 0 Å². The summed E-state index contributed by atoms with van der Waals surface area (Å²) in [5, 5.41) is 10.8. The molecule has 1 aromatic rings. The van der Waals surface area contributed by atoms with E-state index in [4.69, 9.17) is 5.11 Å². The van der Waals surface area contributed by atoms with E-state index >= 15 is 0 Å². The first-order valence-electron chi connectivity index (χ1n) is 5.11. The van der Waals surface area contributed by atoms with Gasteiger partial charge in [-0.2, -0.15) is 0 Å². The first kappa shape index (κ1) is 14.2. The summed E-state index contributed by atoms with van der Waals surface area (Å²) in [7, 11) is -3.50. The molecule has 0 aliphatic carbocycles. The molecular weight excluding hydrogens is 258 g/mol. The van der Waals surface area contributed by atoms with Gasteiger partial charge in [0.2, 0.25) is 0 Å². The first-order chi connectivity index (χ1) is 8.32. The fraction of sp³-hybridized carbons (Fsp3) is 0.273. The molecule has 0 aromatic heterocycles. The van der Waals surface area contributed by atoms with Gasteiger partial charge in [-0.15, -0.1) is 0 Å². The molecule has 0 aliphatic rings. The van der Waals surface area contributed by atoms with Crippen molar-refractivity contribution in [1.82, 2.24) is 5.32 Å². The minimum Gasteiger partial charge on any atom is -0.481 e. The molecule has 0 atom stereocenters. The zero-order chi connectivity index (χ0) is 13.8. The number of hydrogen-bond acceptors (Lipinski definition) is 4. The number of carboxylic acids is 1. The van der Waals surface area contributed by atoms with Crippen molar-refractivity contribution < 1.29 is 23.1 Å². The van der Waals surface area contributed by atoms with E-state index in [9.17, 15) is 18.0 Å². The van der Waals surface area contributed by atoms with Gasteiger partial charge in [0.15, 0.2) is 9.84 Å². The van der Waals surface area contributed by atoms with Crippen molar-refractivity contribution in [3.63, 3.8) is 0 Å². The van der Waals surface area contributed by atoms with Gasteiger partial charge in [-0.25, -0.2) is 8.42 Å². The van der Waals surface area contributed by atoms with Crippen molar-refractivity contribution >= 4 is 21.7 Å². The van der Waals surface area contributed by atoms with E-state index in [1.165, 1.54) is 18.2 Å². The average molecular weight is 271 g/mol. The van der Waals surface area contributed by atoms with Crippen molar-refractivity contribution in [2.45, 2.75) is 11.3 Å². The number of nitrogens with one attached hydrogen (secondary N) is 1. The standard InChI is InChI=1S/C11H13NO5S/c1-18(16,17)9-5-3-2-4-8(9)11(15)12-7-6-10(13)14/h2-5H,6-7H2,1H3,(H,12,15)(H,13,14). The maximum Gasteiger partial charge on any atom is 0.305 e. The Kier molecular flexibility index (Phi) is 4.43. The summed E-state index contributed by atoms with van der Waals surface area (Å²) in [5.41, 5.74) is 0.0189. The summed E-state index contributed by atoms with van der Waals surface area (Å²) in [6, 6.07) is 5.78. The van der Waals surface area contributed by atoms with E-state index in [2.05, 4.69) is 5.32 Å². The number of hydrogen-bond donors (Lipinski definition) is 2. The minimum atomic E-state index is -3.50. The molecule has 2 N–H and O–H groups in total. The average Bonchev–Trinajstić information content (AvgIpc) is 2.27. The smallest absolute Gasteiger partial charge is 0.305 e. The highest BCUT2D eigenvalue weighted by molar-refractivity contribution is 7.90. The van der Waals surface area contributed by atoms with Crippen LogP contribution in [0.5, 0.6) is 0 Å². The van der Waals surface area contributed by atoms with Crippen LogP contribution in [0.1, 0.15) is 16.8 Å². The number of carboxylic acid groups (broad SMARTS) is 1. The van der Waals surface area contributed by atoms with Crippen LogP contribution in [0, 0.1) is 0 Å². The second-order valence-corrected chi connectivity index (χ2v) is 5.65. The number of carbonyl (C=O) groups is 2. The van der Waals surface area contributed by atoms with Gasteiger partial charge in [-0.1, -0.05) is 12.1 Å². The highest BCUT2D eigenvalue weighted by Crippen LogP contribution is 2.14. The molecule has 6 nitrogen and oxygen atoms in total. The largest absolute Gasteiger partial charge is 0.481 e. The second-order valence-electron chi connectivity index (χ2n) is 3.67. The van der Waals surface area contributed by atoms with Crippen LogP contribution in [0.3, 0.4) is 0 Å². The Hall–Kier alpha value is -1.89. The molecule has 0 bridgehead atoms.